The highest BCUT2D eigenvalue weighted by atomic mass is 79.9. The first-order valence-electron chi connectivity index (χ1n) is 7.85. The monoisotopic (exact) mass is 358 g/mol. The summed E-state index contributed by atoms with van der Waals surface area (Å²) in [4.78, 5) is 14.8. The summed E-state index contributed by atoms with van der Waals surface area (Å²) < 4.78 is 2.89. The van der Waals surface area contributed by atoms with Crippen LogP contribution in [-0.2, 0) is 13.1 Å². The first kappa shape index (κ1) is 14.2. The molecule has 1 aromatic heterocycles. The van der Waals surface area contributed by atoms with Gasteiger partial charge in [-0.25, -0.2) is 0 Å². The third kappa shape index (κ3) is 2.66. The summed E-state index contributed by atoms with van der Waals surface area (Å²) in [6.07, 6.45) is 1.21. The van der Waals surface area contributed by atoms with Gasteiger partial charge in [-0.05, 0) is 24.0 Å². The standard InChI is InChI=1S/C18H19BrN2O/c19-16-7-17-15-6-14(11-21(17)18(22)8-16)10-20(12-15)9-13-4-2-1-3-5-13/h1-5,7-8,14-15H,6,9-12H2/t14?,15-/m0/s1. The second-order valence-corrected chi connectivity index (χ2v) is 7.44. The van der Waals surface area contributed by atoms with Crippen molar-refractivity contribution in [3.05, 3.63) is 68.5 Å². The maximum atomic E-state index is 12.2. The van der Waals surface area contributed by atoms with Crippen molar-refractivity contribution in [3.63, 3.8) is 0 Å². The molecule has 2 aliphatic heterocycles. The van der Waals surface area contributed by atoms with Gasteiger partial charge in [-0.3, -0.25) is 9.69 Å². The molecule has 0 amide bonds. The van der Waals surface area contributed by atoms with E-state index in [0.717, 1.165) is 30.7 Å². The number of hydrogen-bond donors (Lipinski definition) is 0. The SMILES string of the molecule is O=c1cc(Br)cc2n1CC1C[C@H]2CN(Cc2ccccc2)C1. The van der Waals surface area contributed by atoms with E-state index < -0.39 is 0 Å². The van der Waals surface area contributed by atoms with Gasteiger partial charge >= 0.3 is 0 Å². The molecule has 1 saturated heterocycles. The van der Waals surface area contributed by atoms with Gasteiger partial charge in [0.25, 0.3) is 5.56 Å². The Labute approximate surface area is 138 Å². The summed E-state index contributed by atoms with van der Waals surface area (Å²) in [6.45, 7) is 4.00. The van der Waals surface area contributed by atoms with Crippen LogP contribution in [0.25, 0.3) is 0 Å². The fourth-order valence-corrected chi connectivity index (χ4v) is 4.43. The maximum absolute atomic E-state index is 12.2. The molecule has 2 aliphatic rings. The highest BCUT2D eigenvalue weighted by Crippen LogP contribution is 2.36. The second-order valence-electron chi connectivity index (χ2n) is 6.53. The smallest absolute Gasteiger partial charge is 0.251 e. The van der Waals surface area contributed by atoms with E-state index in [0.29, 0.717) is 11.8 Å². The molecule has 0 N–H and O–H groups in total. The van der Waals surface area contributed by atoms with Crippen LogP contribution in [-0.4, -0.2) is 22.6 Å². The quantitative estimate of drug-likeness (QED) is 0.823. The molecule has 4 heteroatoms. The molecule has 0 saturated carbocycles. The van der Waals surface area contributed by atoms with Crippen molar-refractivity contribution in [3.8, 4) is 0 Å². The maximum Gasteiger partial charge on any atom is 0.251 e. The van der Waals surface area contributed by atoms with Crippen molar-refractivity contribution in [2.75, 3.05) is 13.1 Å². The zero-order valence-electron chi connectivity index (χ0n) is 12.4. The molecular weight excluding hydrogens is 340 g/mol. The molecule has 0 aliphatic carbocycles. The molecule has 114 valence electrons. The molecule has 3 heterocycles. The highest BCUT2D eigenvalue weighted by molar-refractivity contribution is 9.10. The van der Waals surface area contributed by atoms with Gasteiger partial charge in [0.1, 0.15) is 0 Å². The zero-order valence-corrected chi connectivity index (χ0v) is 14.0. The Morgan fingerprint density at radius 3 is 2.73 bits per heavy atom. The van der Waals surface area contributed by atoms with Crippen molar-refractivity contribution in [2.45, 2.75) is 25.4 Å². The van der Waals surface area contributed by atoms with E-state index >= 15 is 0 Å². The molecule has 1 aromatic carbocycles. The van der Waals surface area contributed by atoms with Crippen molar-refractivity contribution < 1.29 is 0 Å². The normalized spacial score (nSPS) is 24.0. The van der Waals surface area contributed by atoms with Crippen LogP contribution in [0.1, 0.15) is 23.6 Å². The van der Waals surface area contributed by atoms with Gasteiger partial charge in [-0.2, -0.15) is 0 Å². The lowest BCUT2D eigenvalue weighted by Gasteiger charge is -2.43. The number of pyridine rings is 1. The van der Waals surface area contributed by atoms with Crippen LogP contribution in [0, 0.1) is 5.92 Å². The molecule has 2 atom stereocenters. The summed E-state index contributed by atoms with van der Waals surface area (Å²) in [5, 5.41) is 0. The third-order valence-electron chi connectivity index (χ3n) is 4.85. The van der Waals surface area contributed by atoms with E-state index in [2.05, 4.69) is 57.2 Å². The number of fused-ring (bicyclic) bond motifs is 4. The molecule has 2 aromatic rings. The number of piperidine rings is 1. The molecule has 3 nitrogen and oxygen atoms in total. The molecule has 0 radical (unpaired) electrons. The lowest BCUT2D eigenvalue weighted by molar-refractivity contribution is 0.114. The Morgan fingerprint density at radius 1 is 1.09 bits per heavy atom. The van der Waals surface area contributed by atoms with Crippen LogP contribution >= 0.6 is 15.9 Å². The third-order valence-corrected chi connectivity index (χ3v) is 5.30. The van der Waals surface area contributed by atoms with E-state index in [1.807, 2.05) is 4.57 Å². The molecule has 4 rings (SSSR count). The predicted molar refractivity (Wildman–Crippen MR) is 91.0 cm³/mol. The summed E-state index contributed by atoms with van der Waals surface area (Å²) in [7, 11) is 0. The van der Waals surface area contributed by atoms with Crippen molar-refractivity contribution in [1.29, 1.82) is 0 Å². The lowest BCUT2D eigenvalue weighted by atomic mass is 9.83. The van der Waals surface area contributed by atoms with Crippen LogP contribution < -0.4 is 5.56 Å². The fourth-order valence-electron chi connectivity index (χ4n) is 4.00. The minimum Gasteiger partial charge on any atom is -0.312 e. The van der Waals surface area contributed by atoms with Gasteiger partial charge in [0.2, 0.25) is 0 Å². The molecular formula is C18H19BrN2O. The highest BCUT2D eigenvalue weighted by Gasteiger charge is 2.34. The average molecular weight is 359 g/mol. The number of halogens is 1. The average Bonchev–Trinajstić information content (AvgIpc) is 2.50. The summed E-state index contributed by atoms with van der Waals surface area (Å²) in [5.74, 6) is 1.07. The van der Waals surface area contributed by atoms with Crippen LogP contribution in [0.15, 0.2) is 51.7 Å². The fraction of sp³-hybridized carbons (Fsp3) is 0.389. The minimum absolute atomic E-state index is 0.135. The second kappa shape index (κ2) is 5.67. The minimum atomic E-state index is 0.135. The van der Waals surface area contributed by atoms with E-state index in [1.165, 1.54) is 17.7 Å². The number of hydrogen-bond acceptors (Lipinski definition) is 2. The number of aromatic nitrogens is 1. The Hall–Kier alpha value is -1.39. The first-order valence-corrected chi connectivity index (χ1v) is 8.65. The van der Waals surface area contributed by atoms with Gasteiger partial charge in [-0.1, -0.05) is 46.3 Å². The first-order chi connectivity index (χ1) is 10.7. The molecule has 1 fully saturated rings. The largest absolute Gasteiger partial charge is 0.312 e. The topological polar surface area (TPSA) is 25.2 Å². The van der Waals surface area contributed by atoms with Crippen LogP contribution in [0.2, 0.25) is 0 Å². The van der Waals surface area contributed by atoms with Crippen LogP contribution in [0.5, 0.6) is 0 Å². The summed E-state index contributed by atoms with van der Waals surface area (Å²) in [6, 6.07) is 14.5. The van der Waals surface area contributed by atoms with Crippen molar-refractivity contribution in [2.24, 2.45) is 5.92 Å². The zero-order chi connectivity index (χ0) is 15.1. The number of rotatable bonds is 2. The molecule has 2 bridgehead atoms. The van der Waals surface area contributed by atoms with E-state index in [9.17, 15) is 4.79 Å². The van der Waals surface area contributed by atoms with E-state index in [-0.39, 0.29) is 5.56 Å². The lowest BCUT2D eigenvalue weighted by Crippen LogP contribution is -2.46. The Morgan fingerprint density at radius 2 is 1.91 bits per heavy atom. The van der Waals surface area contributed by atoms with Crippen LogP contribution in [0.3, 0.4) is 0 Å². The van der Waals surface area contributed by atoms with E-state index in [1.54, 1.807) is 6.07 Å². The number of benzene rings is 1. The Kier molecular flexibility index (Phi) is 3.66. The van der Waals surface area contributed by atoms with Gasteiger partial charge in [0.05, 0.1) is 0 Å². The van der Waals surface area contributed by atoms with Gasteiger partial charge in [-0.15, -0.1) is 0 Å². The van der Waals surface area contributed by atoms with E-state index in [4.69, 9.17) is 0 Å². The Balaban J connectivity index is 1.60. The summed E-state index contributed by atoms with van der Waals surface area (Å²) >= 11 is 3.47. The van der Waals surface area contributed by atoms with Gasteiger partial charge < -0.3 is 4.57 Å². The van der Waals surface area contributed by atoms with Crippen molar-refractivity contribution in [1.82, 2.24) is 9.47 Å². The van der Waals surface area contributed by atoms with Crippen LogP contribution in [0.4, 0.5) is 0 Å². The van der Waals surface area contributed by atoms with Gasteiger partial charge in [0, 0.05) is 48.3 Å². The Bertz CT molecular complexity index is 740. The predicted octanol–water partition coefficient (Wildman–Crippen LogP) is 3.23. The number of likely N-dealkylation sites (tertiary alicyclic amines) is 1. The molecule has 0 spiro atoms. The van der Waals surface area contributed by atoms with Gasteiger partial charge in [0.15, 0.2) is 0 Å². The molecule has 1 unspecified atom stereocenters. The summed E-state index contributed by atoms with van der Waals surface area (Å²) in [5.41, 5.74) is 2.71. The van der Waals surface area contributed by atoms with Crippen molar-refractivity contribution >= 4 is 15.9 Å². The number of nitrogens with zero attached hydrogens (tertiary/aromatic N) is 2. The molecule has 22 heavy (non-hydrogen) atoms.